The van der Waals surface area contributed by atoms with Crippen molar-refractivity contribution in [1.82, 2.24) is 19.9 Å². The fourth-order valence-electron chi connectivity index (χ4n) is 3.63. The number of rotatable bonds is 4. The number of halogens is 1. The Bertz CT molecular complexity index is 1060. The van der Waals surface area contributed by atoms with E-state index in [1.54, 1.807) is 23.5 Å². The summed E-state index contributed by atoms with van der Waals surface area (Å²) < 4.78 is 12.6. The Kier molecular flexibility index (Phi) is 5.69. The van der Waals surface area contributed by atoms with Gasteiger partial charge >= 0.3 is 6.09 Å². The fourth-order valence-corrected chi connectivity index (χ4v) is 4.26. The maximum atomic E-state index is 12.5. The van der Waals surface area contributed by atoms with Crippen LogP contribution in [0.25, 0.3) is 22.3 Å². The van der Waals surface area contributed by atoms with Crippen LogP contribution in [0.3, 0.4) is 0 Å². The van der Waals surface area contributed by atoms with E-state index in [4.69, 9.17) is 9.47 Å². The van der Waals surface area contributed by atoms with Crippen molar-refractivity contribution < 1.29 is 14.3 Å². The molecule has 1 fully saturated rings. The van der Waals surface area contributed by atoms with Crippen LogP contribution in [0.5, 0.6) is 5.75 Å². The summed E-state index contributed by atoms with van der Waals surface area (Å²) in [6.45, 7) is 6.69. The predicted octanol–water partition coefficient (Wildman–Crippen LogP) is 5.17. The van der Waals surface area contributed by atoms with Crippen LogP contribution in [0.4, 0.5) is 4.79 Å². The van der Waals surface area contributed by atoms with Gasteiger partial charge < -0.3 is 19.4 Å². The molecule has 0 saturated carbocycles. The maximum Gasteiger partial charge on any atom is 0.410 e. The van der Waals surface area contributed by atoms with Crippen molar-refractivity contribution in [3.63, 3.8) is 0 Å². The molecule has 4 heterocycles. The van der Waals surface area contributed by atoms with Gasteiger partial charge in [-0.15, -0.1) is 0 Å². The molecule has 3 aromatic heterocycles. The van der Waals surface area contributed by atoms with Gasteiger partial charge in [-0.3, -0.25) is 9.97 Å². The van der Waals surface area contributed by atoms with Gasteiger partial charge in [0, 0.05) is 24.5 Å². The van der Waals surface area contributed by atoms with Crippen LogP contribution in [0.2, 0.25) is 0 Å². The number of amides is 1. The van der Waals surface area contributed by atoms with E-state index in [9.17, 15) is 4.79 Å². The molecule has 0 unspecified atom stereocenters. The summed E-state index contributed by atoms with van der Waals surface area (Å²) in [4.78, 5) is 26.4. The number of hydrogen-bond donors (Lipinski definition) is 1. The zero-order valence-electron chi connectivity index (χ0n) is 17.3. The molecule has 0 aliphatic carbocycles. The molecule has 1 atom stereocenters. The first kappa shape index (κ1) is 20.7. The lowest BCUT2D eigenvalue weighted by Crippen LogP contribution is -2.42. The van der Waals surface area contributed by atoms with Gasteiger partial charge in [0.05, 0.1) is 27.9 Å². The SMILES string of the molecule is CC(C)(C)OC(=O)N1CCC[C@H]1COc1cnccc1-c1[nH]c2cccnc2c1Br. The maximum absolute atomic E-state index is 12.5. The highest BCUT2D eigenvalue weighted by atomic mass is 79.9. The molecule has 1 aliphatic rings. The number of aromatic amines is 1. The highest BCUT2D eigenvalue weighted by Gasteiger charge is 2.32. The zero-order valence-corrected chi connectivity index (χ0v) is 18.9. The first-order valence-corrected chi connectivity index (χ1v) is 10.8. The number of carbonyl (C=O) groups is 1. The highest BCUT2D eigenvalue weighted by Crippen LogP contribution is 2.38. The Hall–Kier alpha value is -2.61. The average Bonchev–Trinajstić information content (AvgIpc) is 3.30. The summed E-state index contributed by atoms with van der Waals surface area (Å²) in [7, 11) is 0. The van der Waals surface area contributed by atoms with Crippen LogP contribution in [0.1, 0.15) is 33.6 Å². The normalized spacial score (nSPS) is 16.8. The number of fused-ring (bicyclic) bond motifs is 1. The van der Waals surface area contributed by atoms with Crippen molar-refractivity contribution in [2.75, 3.05) is 13.2 Å². The smallest absolute Gasteiger partial charge is 0.410 e. The minimum absolute atomic E-state index is 0.0271. The largest absolute Gasteiger partial charge is 0.489 e. The van der Waals surface area contributed by atoms with Gasteiger partial charge in [-0.05, 0) is 67.7 Å². The topological polar surface area (TPSA) is 80.3 Å². The molecule has 1 amide bonds. The Morgan fingerprint density at radius 3 is 2.93 bits per heavy atom. The van der Waals surface area contributed by atoms with Crippen LogP contribution in [0.15, 0.2) is 41.3 Å². The van der Waals surface area contributed by atoms with Crippen molar-refractivity contribution in [3.05, 3.63) is 41.3 Å². The van der Waals surface area contributed by atoms with Crippen LogP contribution in [0, 0.1) is 0 Å². The van der Waals surface area contributed by atoms with E-state index in [0.717, 1.165) is 39.6 Å². The number of ether oxygens (including phenoxy) is 2. The lowest BCUT2D eigenvalue weighted by atomic mass is 10.2. The molecule has 8 heteroatoms. The van der Waals surface area contributed by atoms with Crippen molar-refractivity contribution >= 4 is 33.1 Å². The Labute approximate surface area is 183 Å². The van der Waals surface area contributed by atoms with Gasteiger partial charge in [0.15, 0.2) is 0 Å². The predicted molar refractivity (Wildman–Crippen MR) is 118 cm³/mol. The van der Waals surface area contributed by atoms with Crippen molar-refractivity contribution in [2.24, 2.45) is 0 Å². The number of likely N-dealkylation sites (tertiary alicyclic amines) is 1. The number of H-pyrrole nitrogens is 1. The van der Waals surface area contributed by atoms with E-state index in [1.165, 1.54) is 0 Å². The summed E-state index contributed by atoms with van der Waals surface area (Å²) in [5.74, 6) is 0.654. The van der Waals surface area contributed by atoms with Gasteiger partial charge in [0.25, 0.3) is 0 Å². The molecule has 3 aromatic rings. The van der Waals surface area contributed by atoms with Crippen LogP contribution in [-0.2, 0) is 4.74 Å². The van der Waals surface area contributed by atoms with E-state index in [2.05, 4.69) is 30.9 Å². The third-order valence-electron chi connectivity index (χ3n) is 4.98. The number of aromatic nitrogens is 3. The molecular weight excluding hydrogens is 448 g/mol. The van der Waals surface area contributed by atoms with Crippen LogP contribution in [-0.4, -0.2) is 50.7 Å². The van der Waals surface area contributed by atoms with Crippen molar-refractivity contribution in [2.45, 2.75) is 45.3 Å². The molecule has 1 N–H and O–H groups in total. The highest BCUT2D eigenvalue weighted by molar-refractivity contribution is 9.10. The summed E-state index contributed by atoms with van der Waals surface area (Å²) in [5, 5.41) is 0. The summed E-state index contributed by atoms with van der Waals surface area (Å²) in [6, 6.07) is 5.76. The second-order valence-electron chi connectivity index (χ2n) is 8.37. The Balaban J connectivity index is 1.53. The first-order chi connectivity index (χ1) is 14.3. The van der Waals surface area contributed by atoms with Crippen molar-refractivity contribution in [1.29, 1.82) is 0 Å². The Morgan fingerprint density at radius 2 is 2.17 bits per heavy atom. The second-order valence-corrected chi connectivity index (χ2v) is 9.16. The monoisotopic (exact) mass is 472 g/mol. The summed E-state index contributed by atoms with van der Waals surface area (Å²) in [5.41, 5.74) is 3.06. The molecule has 4 rings (SSSR count). The van der Waals surface area contributed by atoms with Gasteiger partial charge in [-0.1, -0.05) is 0 Å². The standard InChI is InChI=1S/C22H25BrN4O3/c1-22(2,3)30-21(28)27-11-5-6-14(27)13-29-17-12-24-10-8-15(17)19-18(23)20-16(26-19)7-4-9-25-20/h4,7-10,12,14,26H,5-6,11,13H2,1-3H3/t14-/m0/s1. The molecule has 158 valence electrons. The third-order valence-corrected chi connectivity index (χ3v) is 5.76. The average molecular weight is 473 g/mol. The first-order valence-electron chi connectivity index (χ1n) is 10.0. The minimum atomic E-state index is -0.516. The molecule has 1 saturated heterocycles. The molecule has 30 heavy (non-hydrogen) atoms. The fraction of sp³-hybridized carbons (Fsp3) is 0.409. The number of nitrogens with one attached hydrogen (secondary N) is 1. The molecule has 0 radical (unpaired) electrons. The Morgan fingerprint density at radius 1 is 1.33 bits per heavy atom. The zero-order chi connectivity index (χ0) is 21.3. The molecular formula is C22H25BrN4O3. The van der Waals surface area contributed by atoms with Gasteiger partial charge in [0.2, 0.25) is 0 Å². The van der Waals surface area contributed by atoms with E-state index in [-0.39, 0.29) is 12.1 Å². The summed E-state index contributed by atoms with van der Waals surface area (Å²) >= 11 is 3.66. The second kappa shape index (κ2) is 8.26. The van der Waals surface area contributed by atoms with E-state index >= 15 is 0 Å². The lowest BCUT2D eigenvalue weighted by Gasteiger charge is -2.28. The van der Waals surface area contributed by atoms with E-state index in [1.807, 2.05) is 39.0 Å². The van der Waals surface area contributed by atoms with Crippen molar-refractivity contribution in [3.8, 4) is 17.0 Å². The van der Waals surface area contributed by atoms with E-state index < -0.39 is 5.60 Å². The van der Waals surface area contributed by atoms with Crippen LogP contribution >= 0.6 is 15.9 Å². The van der Waals surface area contributed by atoms with Gasteiger partial charge in [-0.25, -0.2) is 4.79 Å². The van der Waals surface area contributed by atoms with Gasteiger partial charge in [0.1, 0.15) is 23.5 Å². The number of hydrogen-bond acceptors (Lipinski definition) is 5. The summed E-state index contributed by atoms with van der Waals surface area (Å²) in [6.07, 6.45) is 6.73. The van der Waals surface area contributed by atoms with Gasteiger partial charge in [-0.2, -0.15) is 0 Å². The number of nitrogens with zero attached hydrogens (tertiary/aromatic N) is 3. The lowest BCUT2D eigenvalue weighted by molar-refractivity contribution is 0.0187. The van der Waals surface area contributed by atoms with E-state index in [0.29, 0.717) is 18.9 Å². The molecule has 1 aliphatic heterocycles. The molecule has 0 bridgehead atoms. The third kappa shape index (κ3) is 4.28. The van der Waals surface area contributed by atoms with Crippen LogP contribution < -0.4 is 4.74 Å². The minimum Gasteiger partial charge on any atom is -0.489 e. The quantitative estimate of drug-likeness (QED) is 0.566. The number of pyridine rings is 2. The molecule has 0 aromatic carbocycles. The molecule has 7 nitrogen and oxygen atoms in total. The molecule has 0 spiro atoms. The number of carbonyl (C=O) groups excluding carboxylic acids is 1.